The smallest absolute Gasteiger partial charge is 0.222 e. The molecule has 0 aliphatic carbocycles. The van der Waals surface area contributed by atoms with Gasteiger partial charge in [0, 0.05) is 37.8 Å². The lowest BCUT2D eigenvalue weighted by Crippen LogP contribution is -2.39. The number of rotatable bonds is 4. The highest BCUT2D eigenvalue weighted by Gasteiger charge is 2.27. The number of ether oxygens (including phenoxy) is 1. The Bertz CT molecular complexity index is 491. The predicted molar refractivity (Wildman–Crippen MR) is 85.6 cm³/mol. The Labute approximate surface area is 132 Å². The van der Waals surface area contributed by atoms with Crippen molar-refractivity contribution < 1.29 is 9.53 Å². The number of carbonyl (C=O) groups is 1. The molecule has 2 aliphatic rings. The summed E-state index contributed by atoms with van der Waals surface area (Å²) >= 11 is 0. The molecule has 1 amide bonds. The number of amides is 1. The van der Waals surface area contributed by atoms with Crippen LogP contribution in [-0.4, -0.2) is 41.1 Å². The van der Waals surface area contributed by atoms with Gasteiger partial charge in [-0.2, -0.15) is 0 Å². The monoisotopic (exact) mass is 302 g/mol. The topological polar surface area (TPSA) is 42.4 Å². The molecule has 3 rings (SSSR count). The van der Waals surface area contributed by atoms with Crippen LogP contribution in [0.1, 0.15) is 56.9 Å². The third-order valence-electron chi connectivity index (χ3n) is 4.95. The van der Waals surface area contributed by atoms with Gasteiger partial charge < -0.3 is 9.64 Å². The van der Waals surface area contributed by atoms with Crippen LogP contribution in [0.2, 0.25) is 0 Å². The first-order chi connectivity index (χ1) is 10.7. The largest absolute Gasteiger partial charge is 0.375 e. The summed E-state index contributed by atoms with van der Waals surface area (Å²) in [6.07, 6.45) is 10.3. The van der Waals surface area contributed by atoms with Gasteiger partial charge in [-0.3, -0.25) is 9.78 Å². The average molecular weight is 302 g/mol. The van der Waals surface area contributed by atoms with Crippen molar-refractivity contribution in [3.63, 3.8) is 0 Å². The highest BCUT2D eigenvalue weighted by atomic mass is 16.5. The Morgan fingerprint density at radius 1 is 1.32 bits per heavy atom. The lowest BCUT2D eigenvalue weighted by molar-refractivity contribution is -0.133. The van der Waals surface area contributed by atoms with Crippen molar-refractivity contribution >= 4 is 5.91 Å². The number of likely N-dealkylation sites (tertiary alicyclic amines) is 1. The molecule has 2 saturated heterocycles. The Kier molecular flexibility index (Phi) is 5.08. The molecule has 0 radical (unpaired) electrons. The fraction of sp³-hybridized carbons (Fsp3) is 0.667. The summed E-state index contributed by atoms with van der Waals surface area (Å²) in [7, 11) is 0. The van der Waals surface area contributed by atoms with Gasteiger partial charge in [-0.15, -0.1) is 0 Å². The summed E-state index contributed by atoms with van der Waals surface area (Å²) in [6.45, 7) is 3.87. The van der Waals surface area contributed by atoms with E-state index in [1.807, 2.05) is 17.3 Å². The lowest BCUT2D eigenvalue weighted by Gasteiger charge is -2.33. The normalized spacial score (nSPS) is 28.8. The first-order valence-corrected chi connectivity index (χ1v) is 8.55. The number of aromatic nitrogens is 1. The van der Waals surface area contributed by atoms with Gasteiger partial charge in [0.25, 0.3) is 0 Å². The maximum atomic E-state index is 12.5. The molecule has 1 aromatic heterocycles. The molecular formula is C18H26N2O2. The number of piperidine rings is 1. The first-order valence-electron chi connectivity index (χ1n) is 8.55. The lowest BCUT2D eigenvalue weighted by atomic mass is 9.91. The van der Waals surface area contributed by atoms with Crippen LogP contribution in [0.25, 0.3) is 0 Å². The summed E-state index contributed by atoms with van der Waals surface area (Å²) in [5.74, 6) is 0.755. The molecule has 120 valence electrons. The minimum atomic E-state index is 0.291. The third kappa shape index (κ3) is 3.86. The van der Waals surface area contributed by atoms with E-state index < -0.39 is 0 Å². The summed E-state index contributed by atoms with van der Waals surface area (Å²) in [5, 5.41) is 0. The van der Waals surface area contributed by atoms with Gasteiger partial charge >= 0.3 is 0 Å². The van der Waals surface area contributed by atoms with Gasteiger partial charge in [0.1, 0.15) is 0 Å². The number of hydrogen-bond donors (Lipinski definition) is 0. The number of pyridine rings is 1. The number of hydrogen-bond acceptors (Lipinski definition) is 3. The average Bonchev–Trinajstić information content (AvgIpc) is 2.99. The zero-order valence-corrected chi connectivity index (χ0v) is 13.4. The third-order valence-corrected chi connectivity index (χ3v) is 4.95. The van der Waals surface area contributed by atoms with E-state index in [1.54, 1.807) is 0 Å². The van der Waals surface area contributed by atoms with Crippen LogP contribution in [0.5, 0.6) is 0 Å². The molecule has 0 N–H and O–H groups in total. The fourth-order valence-corrected chi connectivity index (χ4v) is 3.65. The Hall–Kier alpha value is -1.42. The van der Waals surface area contributed by atoms with Gasteiger partial charge in [0.05, 0.1) is 12.2 Å². The van der Waals surface area contributed by atoms with E-state index in [0.29, 0.717) is 30.5 Å². The predicted octanol–water partition coefficient (Wildman–Crippen LogP) is 3.14. The molecule has 3 heterocycles. The van der Waals surface area contributed by atoms with E-state index in [2.05, 4.69) is 24.0 Å². The van der Waals surface area contributed by atoms with Crippen LogP contribution >= 0.6 is 0 Å². The SMILES string of the molecule is C[C@@H]1CC[C@@H](CCC(=O)N2CCC[C@@H](c3ccncc3)C2)O1. The van der Waals surface area contributed by atoms with Crippen molar-refractivity contribution in [2.45, 2.75) is 63.6 Å². The molecule has 0 bridgehead atoms. The highest BCUT2D eigenvalue weighted by molar-refractivity contribution is 5.76. The molecule has 1 aromatic rings. The summed E-state index contributed by atoms with van der Waals surface area (Å²) in [6, 6.07) is 4.15. The van der Waals surface area contributed by atoms with Crippen LogP contribution < -0.4 is 0 Å². The van der Waals surface area contributed by atoms with Crippen molar-refractivity contribution in [3.05, 3.63) is 30.1 Å². The van der Waals surface area contributed by atoms with Crippen molar-refractivity contribution in [1.29, 1.82) is 0 Å². The Morgan fingerprint density at radius 2 is 2.14 bits per heavy atom. The van der Waals surface area contributed by atoms with E-state index in [1.165, 1.54) is 5.56 Å². The summed E-state index contributed by atoms with van der Waals surface area (Å²) < 4.78 is 5.81. The van der Waals surface area contributed by atoms with Gasteiger partial charge in [-0.05, 0) is 56.7 Å². The summed E-state index contributed by atoms with van der Waals surface area (Å²) in [4.78, 5) is 18.6. The molecule has 4 nitrogen and oxygen atoms in total. The minimum Gasteiger partial charge on any atom is -0.375 e. The van der Waals surface area contributed by atoms with Crippen LogP contribution in [0.3, 0.4) is 0 Å². The van der Waals surface area contributed by atoms with Crippen LogP contribution in [0, 0.1) is 0 Å². The van der Waals surface area contributed by atoms with Gasteiger partial charge in [0.15, 0.2) is 0 Å². The number of carbonyl (C=O) groups excluding carboxylic acids is 1. The van der Waals surface area contributed by atoms with Gasteiger partial charge in [-0.25, -0.2) is 0 Å². The molecule has 0 spiro atoms. The van der Waals surface area contributed by atoms with Crippen LogP contribution in [0.15, 0.2) is 24.5 Å². The number of nitrogens with zero attached hydrogens (tertiary/aromatic N) is 2. The molecule has 22 heavy (non-hydrogen) atoms. The quantitative estimate of drug-likeness (QED) is 0.858. The van der Waals surface area contributed by atoms with Crippen molar-refractivity contribution in [3.8, 4) is 0 Å². The second kappa shape index (κ2) is 7.23. The van der Waals surface area contributed by atoms with E-state index in [-0.39, 0.29) is 0 Å². The fourth-order valence-electron chi connectivity index (χ4n) is 3.65. The first kappa shape index (κ1) is 15.5. The zero-order valence-electron chi connectivity index (χ0n) is 13.4. The van der Waals surface area contributed by atoms with Gasteiger partial charge in [-0.1, -0.05) is 0 Å². The second-order valence-electron chi connectivity index (χ2n) is 6.64. The molecule has 4 heteroatoms. The maximum Gasteiger partial charge on any atom is 0.222 e. The van der Waals surface area contributed by atoms with Crippen molar-refractivity contribution in [2.75, 3.05) is 13.1 Å². The molecule has 0 saturated carbocycles. The molecule has 0 unspecified atom stereocenters. The van der Waals surface area contributed by atoms with E-state index >= 15 is 0 Å². The second-order valence-corrected chi connectivity index (χ2v) is 6.64. The van der Waals surface area contributed by atoms with Crippen LogP contribution in [-0.2, 0) is 9.53 Å². The molecular weight excluding hydrogens is 276 g/mol. The van der Waals surface area contributed by atoms with Crippen LogP contribution in [0.4, 0.5) is 0 Å². The van der Waals surface area contributed by atoms with Crippen molar-refractivity contribution in [1.82, 2.24) is 9.88 Å². The molecule has 3 atom stereocenters. The van der Waals surface area contributed by atoms with Crippen molar-refractivity contribution in [2.24, 2.45) is 0 Å². The Morgan fingerprint density at radius 3 is 2.86 bits per heavy atom. The maximum absolute atomic E-state index is 12.5. The summed E-state index contributed by atoms with van der Waals surface area (Å²) in [5.41, 5.74) is 1.31. The standard InChI is InChI=1S/C18H26N2O2/c1-14-4-5-17(22-14)6-7-18(21)20-12-2-3-16(13-20)15-8-10-19-11-9-15/h8-11,14,16-17H,2-7,12-13H2,1H3/t14-,16-,17+/m1/s1. The molecule has 2 fully saturated rings. The molecule has 2 aliphatic heterocycles. The van der Waals surface area contributed by atoms with E-state index in [4.69, 9.17) is 4.74 Å². The highest BCUT2D eigenvalue weighted by Crippen LogP contribution is 2.28. The Balaban J connectivity index is 1.50. The molecule has 0 aromatic carbocycles. The van der Waals surface area contributed by atoms with E-state index in [9.17, 15) is 4.79 Å². The minimum absolute atomic E-state index is 0.291. The zero-order chi connectivity index (χ0) is 15.4. The van der Waals surface area contributed by atoms with Gasteiger partial charge in [0.2, 0.25) is 5.91 Å². The van der Waals surface area contributed by atoms with E-state index in [0.717, 1.165) is 45.2 Å².